The van der Waals surface area contributed by atoms with E-state index in [1.54, 1.807) is 24.3 Å². The number of ketones is 1. The van der Waals surface area contributed by atoms with Crippen LogP contribution >= 0.6 is 23.2 Å². The Labute approximate surface area is 305 Å². The highest BCUT2D eigenvalue weighted by Crippen LogP contribution is 2.38. The molecule has 2 aromatic carbocycles. The predicted molar refractivity (Wildman–Crippen MR) is 196 cm³/mol. The van der Waals surface area contributed by atoms with Gasteiger partial charge in [-0.2, -0.15) is 10.5 Å². The van der Waals surface area contributed by atoms with Crippen LogP contribution in [0.25, 0.3) is 22.8 Å². The average Bonchev–Trinajstić information content (AvgIpc) is 3.16. The van der Waals surface area contributed by atoms with Gasteiger partial charge in [-0.3, -0.25) is 4.79 Å². The minimum Gasteiger partial charge on any atom is -0.300 e. The van der Waals surface area contributed by atoms with Gasteiger partial charge in [-0.25, -0.2) is 19.9 Å². The molecule has 0 amide bonds. The second-order valence-corrected chi connectivity index (χ2v) is 15.3. The van der Waals surface area contributed by atoms with Gasteiger partial charge in [-0.1, -0.05) is 0 Å². The zero-order chi connectivity index (χ0) is 34.9. The molecule has 0 N–H and O–H groups in total. The Kier molecular flexibility index (Phi) is 12.2. The summed E-state index contributed by atoms with van der Waals surface area (Å²) in [5.74, 6) is 3.50. The first-order valence-corrected chi connectivity index (χ1v) is 18.7. The molecule has 2 aliphatic carbocycles. The van der Waals surface area contributed by atoms with Crippen molar-refractivity contribution in [3.63, 3.8) is 0 Å². The highest BCUT2D eigenvalue weighted by Gasteiger charge is 2.31. The summed E-state index contributed by atoms with van der Waals surface area (Å²) in [7, 11) is 0. The van der Waals surface area contributed by atoms with Crippen molar-refractivity contribution in [2.45, 2.75) is 87.8 Å². The summed E-state index contributed by atoms with van der Waals surface area (Å²) in [5, 5.41) is 18.1. The highest BCUT2D eigenvalue weighted by molar-refractivity contribution is 6.21. The van der Waals surface area contributed by atoms with Gasteiger partial charge >= 0.3 is 0 Å². The van der Waals surface area contributed by atoms with Crippen LogP contribution in [0.4, 0.5) is 0 Å². The number of nitrogens with zero attached hydrogens (tertiary/aromatic N) is 6. The Bertz CT molecular complexity index is 1650. The molecule has 0 bridgehead atoms. The van der Waals surface area contributed by atoms with Crippen LogP contribution in [0.1, 0.15) is 86.5 Å². The Morgan fingerprint density at radius 3 is 1.26 bits per heavy atom. The molecule has 7 nitrogen and oxygen atoms in total. The summed E-state index contributed by atoms with van der Waals surface area (Å²) in [5.41, 5.74) is 5.05. The minimum absolute atomic E-state index is 0.0257. The second-order valence-electron chi connectivity index (χ2n) is 14.2. The van der Waals surface area contributed by atoms with Crippen molar-refractivity contribution in [2.24, 2.45) is 23.7 Å². The summed E-state index contributed by atoms with van der Waals surface area (Å²) in [6.07, 6.45) is 18.8. The van der Waals surface area contributed by atoms with Crippen LogP contribution in [0.5, 0.6) is 0 Å². The van der Waals surface area contributed by atoms with E-state index in [9.17, 15) is 4.79 Å². The van der Waals surface area contributed by atoms with E-state index in [-0.39, 0.29) is 10.8 Å². The van der Waals surface area contributed by atoms with E-state index in [0.29, 0.717) is 65.1 Å². The molecular weight excluding hydrogens is 663 g/mol. The summed E-state index contributed by atoms with van der Waals surface area (Å²) in [4.78, 5) is 31.2. The lowest BCUT2D eigenvalue weighted by Crippen LogP contribution is -2.27. The summed E-state index contributed by atoms with van der Waals surface area (Å²) in [6.45, 7) is 0. The highest BCUT2D eigenvalue weighted by atomic mass is 35.5. The number of carbonyl (C=O) groups excluding carboxylic acids is 1. The Morgan fingerprint density at radius 1 is 0.600 bits per heavy atom. The lowest BCUT2D eigenvalue weighted by atomic mass is 9.75. The van der Waals surface area contributed by atoms with Gasteiger partial charge in [-0.15, -0.1) is 23.2 Å². The van der Waals surface area contributed by atoms with Crippen molar-refractivity contribution in [3.05, 3.63) is 95.6 Å². The molecule has 2 fully saturated rings. The minimum atomic E-state index is 0.0257. The lowest BCUT2D eigenvalue weighted by Gasteiger charge is -2.32. The van der Waals surface area contributed by atoms with E-state index in [0.717, 1.165) is 86.5 Å². The fraction of sp³-hybridized carbons (Fsp3) is 0.439. The van der Waals surface area contributed by atoms with E-state index in [1.807, 2.05) is 49.1 Å². The predicted octanol–water partition coefficient (Wildman–Crippen LogP) is 9.31. The largest absolute Gasteiger partial charge is 0.300 e. The molecule has 9 heteroatoms. The maximum Gasteiger partial charge on any atom is 0.159 e. The molecule has 2 saturated carbocycles. The van der Waals surface area contributed by atoms with Crippen LogP contribution in [0, 0.1) is 46.3 Å². The first-order chi connectivity index (χ1) is 24.4. The maximum atomic E-state index is 13.1. The Balaban J connectivity index is 0.873. The monoisotopic (exact) mass is 704 g/mol. The van der Waals surface area contributed by atoms with Crippen LogP contribution in [-0.4, -0.2) is 36.5 Å². The van der Waals surface area contributed by atoms with Crippen LogP contribution < -0.4 is 0 Å². The van der Waals surface area contributed by atoms with E-state index >= 15 is 0 Å². The molecule has 2 unspecified atom stereocenters. The Morgan fingerprint density at radius 2 is 0.940 bits per heavy atom. The van der Waals surface area contributed by atoms with E-state index < -0.39 is 0 Å². The lowest BCUT2D eigenvalue weighted by molar-refractivity contribution is -0.121. The first kappa shape index (κ1) is 35.6. The van der Waals surface area contributed by atoms with Gasteiger partial charge in [-0.05, 0) is 148 Å². The number of nitriles is 2. The number of Topliss-reactive ketones (excluding diaryl/α,β-unsaturated/α-hetero) is 1. The summed E-state index contributed by atoms with van der Waals surface area (Å²) in [6, 6.07) is 18.8. The topological polar surface area (TPSA) is 116 Å². The van der Waals surface area contributed by atoms with E-state index in [2.05, 4.69) is 32.1 Å². The second kappa shape index (κ2) is 17.2. The number of halogens is 2. The van der Waals surface area contributed by atoms with Crippen molar-refractivity contribution in [3.8, 4) is 34.9 Å². The van der Waals surface area contributed by atoms with Gasteiger partial charge < -0.3 is 0 Å². The van der Waals surface area contributed by atoms with E-state index in [4.69, 9.17) is 33.7 Å². The fourth-order valence-electron chi connectivity index (χ4n) is 7.63. The molecular formula is C41H42Cl2N6O. The van der Waals surface area contributed by atoms with Crippen molar-refractivity contribution in [2.75, 3.05) is 0 Å². The number of aromatic nitrogens is 4. The molecule has 0 saturated heterocycles. The number of rotatable bonds is 12. The van der Waals surface area contributed by atoms with Crippen LogP contribution in [0.15, 0.2) is 73.3 Å². The SMILES string of the molecule is N#Cc1ccc(-c2ncc(CC(Cl)C3CCC(CC(=O)CC4CCC(C(Cl)Cc5cnc(-c6ccc(C#N)cc6)nc5)CC4)CC3)cn2)cc1. The average molecular weight is 706 g/mol. The number of benzene rings is 2. The van der Waals surface area contributed by atoms with Gasteiger partial charge in [0.15, 0.2) is 11.6 Å². The van der Waals surface area contributed by atoms with Crippen molar-refractivity contribution < 1.29 is 4.79 Å². The molecule has 4 aromatic rings. The molecule has 2 aliphatic rings. The number of hydrogen-bond acceptors (Lipinski definition) is 7. The summed E-state index contributed by atoms with van der Waals surface area (Å²) < 4.78 is 0. The van der Waals surface area contributed by atoms with Gasteiger partial charge in [0.05, 0.1) is 23.3 Å². The third-order valence-corrected chi connectivity index (χ3v) is 11.7. The number of carbonyl (C=O) groups is 1. The number of hydrogen-bond donors (Lipinski definition) is 0. The zero-order valence-corrected chi connectivity index (χ0v) is 29.7. The molecule has 0 aliphatic heterocycles. The quantitative estimate of drug-likeness (QED) is 0.135. The fourth-order valence-corrected chi connectivity index (χ4v) is 8.49. The van der Waals surface area contributed by atoms with Crippen LogP contribution in [0.3, 0.4) is 0 Å². The van der Waals surface area contributed by atoms with E-state index in [1.165, 1.54) is 0 Å². The smallest absolute Gasteiger partial charge is 0.159 e. The number of alkyl halides is 2. The normalized spacial score (nSPS) is 21.8. The van der Waals surface area contributed by atoms with Crippen LogP contribution in [0.2, 0.25) is 0 Å². The van der Waals surface area contributed by atoms with Gasteiger partial charge in [0.25, 0.3) is 0 Å². The molecule has 0 radical (unpaired) electrons. The van der Waals surface area contributed by atoms with Crippen LogP contribution in [-0.2, 0) is 17.6 Å². The van der Waals surface area contributed by atoms with Crippen molar-refractivity contribution in [1.82, 2.24) is 19.9 Å². The van der Waals surface area contributed by atoms with Crippen molar-refractivity contribution in [1.29, 1.82) is 10.5 Å². The van der Waals surface area contributed by atoms with Gasteiger partial charge in [0.2, 0.25) is 0 Å². The maximum absolute atomic E-state index is 13.1. The molecule has 2 atom stereocenters. The summed E-state index contributed by atoms with van der Waals surface area (Å²) >= 11 is 13.8. The first-order valence-electron chi connectivity index (χ1n) is 17.8. The standard InChI is InChI=1S/C41H42Cl2N6O/c42-38(19-31-23-46-40(47-24-31)35-13-5-29(21-44)6-14-35)33-9-1-27(2-10-33)17-37(50)18-28-3-11-34(12-4-28)39(43)20-32-25-48-41(49-26-32)36-15-7-30(22-45)8-16-36/h5-8,13-16,23-28,33-34,38-39H,1-4,9-12,17-20H2. The zero-order valence-electron chi connectivity index (χ0n) is 28.2. The molecule has 0 spiro atoms. The molecule has 2 heterocycles. The van der Waals surface area contributed by atoms with Crippen molar-refractivity contribution >= 4 is 29.0 Å². The Hall–Kier alpha value is -4.17. The molecule has 256 valence electrons. The molecule has 2 aromatic heterocycles. The molecule has 50 heavy (non-hydrogen) atoms. The third-order valence-electron chi connectivity index (χ3n) is 10.7. The molecule has 6 rings (SSSR count). The van der Waals surface area contributed by atoms with Gasteiger partial charge in [0, 0.05) is 59.5 Å². The van der Waals surface area contributed by atoms with Gasteiger partial charge in [0.1, 0.15) is 5.78 Å². The third kappa shape index (κ3) is 9.53.